The normalized spacial score (nSPS) is 11.8. The largest absolute Gasteiger partial charge is 0.345 e. The first-order valence-electron chi connectivity index (χ1n) is 9.57. The third-order valence-electron chi connectivity index (χ3n) is 4.63. The number of benzene rings is 2. The summed E-state index contributed by atoms with van der Waals surface area (Å²) in [6.45, 7) is 3.49. The maximum absolute atomic E-state index is 12.4. The van der Waals surface area contributed by atoms with Crippen molar-refractivity contribution in [3.05, 3.63) is 83.2 Å². The molecule has 29 heavy (non-hydrogen) atoms. The standard InChI is InChI=1S/C23H25N3O2S/c1-16-20(13-18-9-5-3-6-10-18)26-23(24-16)29-15-22(28)25-21(17(2)27)14-19-11-7-4-8-12-19/h3-12,21H,13-15H2,1-2H3,(H,24,26)(H,25,28)/t21-/m1/s1. The Balaban J connectivity index is 1.54. The maximum atomic E-state index is 12.4. The molecule has 1 atom stereocenters. The molecule has 0 radical (unpaired) electrons. The number of aromatic amines is 1. The molecule has 0 unspecified atom stereocenters. The Hall–Kier alpha value is -2.86. The summed E-state index contributed by atoms with van der Waals surface area (Å²) in [5.41, 5.74) is 4.20. The molecular formula is C23H25N3O2S. The third kappa shape index (κ3) is 6.32. The maximum Gasteiger partial charge on any atom is 0.231 e. The van der Waals surface area contributed by atoms with Gasteiger partial charge in [-0.3, -0.25) is 9.59 Å². The number of ketones is 1. The fraction of sp³-hybridized carbons (Fsp3) is 0.261. The van der Waals surface area contributed by atoms with Crippen LogP contribution in [0.25, 0.3) is 0 Å². The fourth-order valence-corrected chi connectivity index (χ4v) is 3.76. The van der Waals surface area contributed by atoms with Crippen LogP contribution in [0.3, 0.4) is 0 Å². The third-order valence-corrected chi connectivity index (χ3v) is 5.50. The number of carbonyl (C=O) groups excluding carboxylic acids is 2. The second kappa shape index (κ2) is 10.1. The number of aryl methyl sites for hydroxylation is 1. The molecule has 1 amide bonds. The highest BCUT2D eigenvalue weighted by Crippen LogP contribution is 2.19. The Morgan fingerprint density at radius 1 is 1.03 bits per heavy atom. The molecule has 5 nitrogen and oxygen atoms in total. The van der Waals surface area contributed by atoms with E-state index in [0.717, 1.165) is 23.4 Å². The predicted molar refractivity (Wildman–Crippen MR) is 116 cm³/mol. The van der Waals surface area contributed by atoms with Gasteiger partial charge in [-0.15, -0.1) is 0 Å². The van der Waals surface area contributed by atoms with Crippen LogP contribution in [0.2, 0.25) is 0 Å². The van der Waals surface area contributed by atoms with Crippen molar-refractivity contribution in [2.75, 3.05) is 5.75 Å². The van der Waals surface area contributed by atoms with E-state index in [4.69, 9.17) is 0 Å². The highest BCUT2D eigenvalue weighted by atomic mass is 32.2. The molecule has 2 N–H and O–H groups in total. The molecule has 3 aromatic rings. The molecule has 150 valence electrons. The topological polar surface area (TPSA) is 74.8 Å². The van der Waals surface area contributed by atoms with E-state index in [9.17, 15) is 9.59 Å². The van der Waals surface area contributed by atoms with Gasteiger partial charge >= 0.3 is 0 Å². The van der Waals surface area contributed by atoms with Crippen LogP contribution in [-0.4, -0.2) is 33.5 Å². The molecular weight excluding hydrogens is 382 g/mol. The number of amides is 1. The first-order chi connectivity index (χ1) is 14.0. The molecule has 2 aromatic carbocycles. The van der Waals surface area contributed by atoms with E-state index in [0.29, 0.717) is 11.6 Å². The summed E-state index contributed by atoms with van der Waals surface area (Å²) < 4.78 is 0. The van der Waals surface area contributed by atoms with Gasteiger partial charge in [-0.05, 0) is 31.4 Å². The van der Waals surface area contributed by atoms with Crippen molar-refractivity contribution in [2.24, 2.45) is 0 Å². The molecule has 1 aromatic heterocycles. The zero-order valence-electron chi connectivity index (χ0n) is 16.6. The summed E-state index contributed by atoms with van der Waals surface area (Å²) in [6, 6.07) is 19.3. The minimum Gasteiger partial charge on any atom is -0.345 e. The van der Waals surface area contributed by atoms with E-state index in [-0.39, 0.29) is 17.4 Å². The van der Waals surface area contributed by atoms with Crippen molar-refractivity contribution >= 4 is 23.5 Å². The van der Waals surface area contributed by atoms with Crippen molar-refractivity contribution in [1.82, 2.24) is 15.3 Å². The van der Waals surface area contributed by atoms with E-state index < -0.39 is 6.04 Å². The van der Waals surface area contributed by atoms with Gasteiger partial charge in [-0.2, -0.15) is 0 Å². The Labute approximate surface area is 175 Å². The van der Waals surface area contributed by atoms with Gasteiger partial charge in [0.2, 0.25) is 5.91 Å². The van der Waals surface area contributed by atoms with E-state index in [1.165, 1.54) is 24.2 Å². The minimum absolute atomic E-state index is 0.0498. The Morgan fingerprint density at radius 3 is 2.28 bits per heavy atom. The number of aromatic nitrogens is 2. The summed E-state index contributed by atoms with van der Waals surface area (Å²) in [5.74, 6) is -0.0213. The molecule has 0 spiro atoms. The number of rotatable bonds is 9. The van der Waals surface area contributed by atoms with Crippen LogP contribution in [0.15, 0.2) is 65.8 Å². The van der Waals surface area contributed by atoms with Crippen molar-refractivity contribution in [3.8, 4) is 0 Å². The van der Waals surface area contributed by atoms with E-state index in [1.54, 1.807) is 0 Å². The molecule has 3 rings (SSSR count). The average molecular weight is 408 g/mol. The number of hydrogen-bond acceptors (Lipinski definition) is 4. The molecule has 6 heteroatoms. The lowest BCUT2D eigenvalue weighted by atomic mass is 10.0. The molecule has 0 aliphatic carbocycles. The summed E-state index contributed by atoms with van der Waals surface area (Å²) >= 11 is 1.34. The van der Waals surface area contributed by atoms with E-state index >= 15 is 0 Å². The molecule has 0 saturated carbocycles. The Bertz CT molecular complexity index is 955. The van der Waals surface area contributed by atoms with Crippen molar-refractivity contribution < 1.29 is 9.59 Å². The number of Topliss-reactive ketones (excluding diaryl/α,β-unsaturated/α-hetero) is 1. The lowest BCUT2D eigenvalue weighted by molar-refractivity contribution is -0.125. The van der Waals surface area contributed by atoms with Gasteiger partial charge in [0.25, 0.3) is 0 Å². The van der Waals surface area contributed by atoms with E-state index in [2.05, 4.69) is 27.4 Å². The first kappa shape index (κ1) is 20.9. The molecule has 0 bridgehead atoms. The molecule has 0 fully saturated rings. The number of hydrogen-bond donors (Lipinski definition) is 2. The lowest BCUT2D eigenvalue weighted by Gasteiger charge is -2.15. The van der Waals surface area contributed by atoms with Gasteiger partial charge in [0.15, 0.2) is 10.9 Å². The average Bonchev–Trinajstić information content (AvgIpc) is 3.07. The number of nitrogens with one attached hydrogen (secondary N) is 2. The van der Waals surface area contributed by atoms with Gasteiger partial charge in [0, 0.05) is 12.1 Å². The number of thioether (sulfide) groups is 1. The highest BCUT2D eigenvalue weighted by Gasteiger charge is 2.18. The van der Waals surface area contributed by atoms with Crippen LogP contribution in [0.4, 0.5) is 0 Å². The van der Waals surface area contributed by atoms with Crippen molar-refractivity contribution in [1.29, 1.82) is 0 Å². The van der Waals surface area contributed by atoms with Crippen LogP contribution in [0.5, 0.6) is 0 Å². The lowest BCUT2D eigenvalue weighted by Crippen LogP contribution is -2.42. The number of H-pyrrole nitrogens is 1. The zero-order chi connectivity index (χ0) is 20.6. The van der Waals surface area contributed by atoms with Crippen LogP contribution in [0, 0.1) is 6.92 Å². The summed E-state index contributed by atoms with van der Waals surface area (Å²) in [7, 11) is 0. The van der Waals surface area contributed by atoms with Crippen LogP contribution in [-0.2, 0) is 22.4 Å². The van der Waals surface area contributed by atoms with Gasteiger partial charge in [-0.1, -0.05) is 72.4 Å². The first-order valence-corrected chi connectivity index (χ1v) is 10.6. The molecule has 0 saturated heterocycles. The molecule has 0 aliphatic rings. The van der Waals surface area contributed by atoms with Crippen LogP contribution in [0.1, 0.15) is 29.4 Å². The van der Waals surface area contributed by atoms with E-state index in [1.807, 2.05) is 55.5 Å². The zero-order valence-corrected chi connectivity index (χ0v) is 17.5. The fourth-order valence-electron chi connectivity index (χ4n) is 3.01. The van der Waals surface area contributed by atoms with Gasteiger partial charge < -0.3 is 10.3 Å². The number of carbonyl (C=O) groups is 2. The summed E-state index contributed by atoms with van der Waals surface area (Å²) in [6.07, 6.45) is 1.24. The number of nitrogens with zero attached hydrogens (tertiary/aromatic N) is 1. The van der Waals surface area contributed by atoms with Crippen molar-refractivity contribution in [3.63, 3.8) is 0 Å². The second-order valence-corrected chi connectivity index (χ2v) is 7.95. The molecule has 1 heterocycles. The summed E-state index contributed by atoms with van der Waals surface area (Å²) in [4.78, 5) is 32.2. The minimum atomic E-state index is -0.516. The predicted octanol–water partition coefficient (Wildman–Crippen LogP) is 3.72. The Kier molecular flexibility index (Phi) is 7.25. The van der Waals surface area contributed by atoms with Gasteiger partial charge in [0.05, 0.1) is 17.5 Å². The second-order valence-electron chi connectivity index (χ2n) is 6.99. The quantitative estimate of drug-likeness (QED) is 0.530. The van der Waals surface area contributed by atoms with Crippen molar-refractivity contribution in [2.45, 2.75) is 37.9 Å². The monoisotopic (exact) mass is 407 g/mol. The van der Waals surface area contributed by atoms with Gasteiger partial charge in [-0.25, -0.2) is 4.98 Å². The van der Waals surface area contributed by atoms with Crippen LogP contribution < -0.4 is 5.32 Å². The highest BCUT2D eigenvalue weighted by molar-refractivity contribution is 7.99. The summed E-state index contributed by atoms with van der Waals surface area (Å²) in [5, 5.41) is 3.56. The molecule has 0 aliphatic heterocycles. The number of imidazole rings is 1. The SMILES string of the molecule is CC(=O)[C@@H](Cc1ccccc1)NC(=O)CSc1nc(Cc2ccccc2)c(C)[nH]1. The Morgan fingerprint density at radius 2 is 1.66 bits per heavy atom. The smallest absolute Gasteiger partial charge is 0.231 e. The van der Waals surface area contributed by atoms with Gasteiger partial charge in [0.1, 0.15) is 0 Å². The van der Waals surface area contributed by atoms with Crippen LogP contribution >= 0.6 is 11.8 Å².